The first-order valence-corrected chi connectivity index (χ1v) is 10.3. The highest BCUT2D eigenvalue weighted by atomic mass is 79.9. The van der Waals surface area contributed by atoms with Crippen LogP contribution < -0.4 is 0 Å². The lowest BCUT2D eigenvalue weighted by Gasteiger charge is -2.20. The Morgan fingerprint density at radius 3 is 2.08 bits per heavy atom. The lowest BCUT2D eigenvalue weighted by Crippen LogP contribution is -2.11. The van der Waals surface area contributed by atoms with Crippen molar-refractivity contribution in [1.29, 1.82) is 0 Å². The van der Waals surface area contributed by atoms with Gasteiger partial charge in [0.05, 0.1) is 11.0 Å². The van der Waals surface area contributed by atoms with Crippen LogP contribution in [0.15, 0.2) is 63.5 Å². The van der Waals surface area contributed by atoms with Gasteiger partial charge in [-0.25, -0.2) is 0 Å². The molecule has 1 heterocycles. The molecule has 0 saturated heterocycles. The molecule has 0 aliphatic carbocycles. The maximum atomic E-state index is 3.65. The molecule has 0 saturated carbocycles. The third kappa shape index (κ3) is 2.91. The number of aromatic nitrogens is 1. The zero-order valence-electron chi connectivity index (χ0n) is 15.4. The number of aryl methyl sites for hydroxylation is 1. The van der Waals surface area contributed by atoms with Crippen LogP contribution in [-0.4, -0.2) is 4.57 Å². The lowest BCUT2D eigenvalue weighted by atomic mass is 9.85. The smallest absolute Gasteiger partial charge is 0.0570 e. The van der Waals surface area contributed by atoms with Crippen LogP contribution in [0.3, 0.4) is 0 Å². The molecule has 0 atom stereocenters. The Kier molecular flexibility index (Phi) is 4.28. The first-order valence-electron chi connectivity index (χ1n) is 8.76. The molecule has 3 heteroatoms. The van der Waals surface area contributed by atoms with E-state index < -0.39 is 0 Å². The largest absolute Gasteiger partial charge is 0.309 e. The van der Waals surface area contributed by atoms with Crippen molar-refractivity contribution in [3.05, 3.63) is 74.7 Å². The molecular weight excluding hydrogens is 450 g/mol. The summed E-state index contributed by atoms with van der Waals surface area (Å²) in [4.78, 5) is 0. The van der Waals surface area contributed by atoms with Crippen molar-refractivity contribution in [2.75, 3.05) is 0 Å². The number of halogens is 2. The maximum Gasteiger partial charge on any atom is 0.0570 e. The summed E-state index contributed by atoms with van der Waals surface area (Å²) in [6.45, 7) is 9.05. The van der Waals surface area contributed by atoms with E-state index in [1.807, 2.05) is 0 Å². The Morgan fingerprint density at radius 1 is 0.769 bits per heavy atom. The Morgan fingerprint density at radius 2 is 1.42 bits per heavy atom. The van der Waals surface area contributed by atoms with Crippen LogP contribution in [0.4, 0.5) is 0 Å². The summed E-state index contributed by atoms with van der Waals surface area (Å²) in [5.74, 6) is 0. The van der Waals surface area contributed by atoms with Gasteiger partial charge in [0.2, 0.25) is 0 Å². The second-order valence-electron chi connectivity index (χ2n) is 7.91. The number of fused-ring (bicyclic) bond motifs is 3. The molecule has 0 aliphatic heterocycles. The first-order chi connectivity index (χ1) is 12.3. The Hall–Kier alpha value is -1.58. The summed E-state index contributed by atoms with van der Waals surface area (Å²) in [7, 11) is 0. The quantitative estimate of drug-likeness (QED) is 0.266. The average Bonchev–Trinajstić information content (AvgIpc) is 2.89. The lowest BCUT2D eigenvalue weighted by molar-refractivity contribution is 0.590. The zero-order valence-corrected chi connectivity index (χ0v) is 18.6. The van der Waals surface area contributed by atoms with Crippen molar-refractivity contribution in [1.82, 2.24) is 4.57 Å². The van der Waals surface area contributed by atoms with E-state index in [0.717, 1.165) is 8.95 Å². The molecule has 0 unspecified atom stereocenters. The molecule has 0 N–H and O–H groups in total. The van der Waals surface area contributed by atoms with E-state index in [1.165, 1.54) is 38.6 Å². The number of hydrogen-bond acceptors (Lipinski definition) is 0. The van der Waals surface area contributed by atoms with Gasteiger partial charge in [0, 0.05) is 25.4 Å². The number of rotatable bonds is 1. The van der Waals surface area contributed by atoms with Crippen LogP contribution in [0.2, 0.25) is 0 Å². The second-order valence-corrected chi connectivity index (χ2v) is 9.74. The van der Waals surface area contributed by atoms with E-state index >= 15 is 0 Å². The summed E-state index contributed by atoms with van der Waals surface area (Å²) in [6, 6.07) is 19.8. The fourth-order valence-corrected chi connectivity index (χ4v) is 4.24. The van der Waals surface area contributed by atoms with Gasteiger partial charge in [0.25, 0.3) is 0 Å². The molecule has 0 fully saturated rings. The third-order valence-electron chi connectivity index (χ3n) is 4.96. The molecule has 1 nitrogen and oxygen atoms in total. The van der Waals surface area contributed by atoms with Gasteiger partial charge >= 0.3 is 0 Å². The van der Waals surface area contributed by atoms with Crippen LogP contribution in [0.5, 0.6) is 0 Å². The highest BCUT2D eigenvalue weighted by molar-refractivity contribution is 9.10. The average molecular weight is 471 g/mol. The molecule has 0 bridgehead atoms. The maximum absolute atomic E-state index is 3.65. The van der Waals surface area contributed by atoms with Gasteiger partial charge in [-0.2, -0.15) is 0 Å². The summed E-state index contributed by atoms with van der Waals surface area (Å²) < 4.78 is 4.58. The highest BCUT2D eigenvalue weighted by Crippen LogP contribution is 2.38. The van der Waals surface area contributed by atoms with Crippen molar-refractivity contribution in [3.63, 3.8) is 0 Å². The van der Waals surface area contributed by atoms with E-state index in [0.29, 0.717) is 0 Å². The molecule has 4 rings (SSSR count). The second kappa shape index (κ2) is 6.24. The van der Waals surface area contributed by atoms with Crippen molar-refractivity contribution in [3.8, 4) is 5.69 Å². The molecule has 0 amide bonds. The van der Waals surface area contributed by atoms with Crippen molar-refractivity contribution < 1.29 is 0 Å². The van der Waals surface area contributed by atoms with Gasteiger partial charge < -0.3 is 4.57 Å². The van der Waals surface area contributed by atoms with E-state index in [4.69, 9.17) is 0 Å². The molecule has 26 heavy (non-hydrogen) atoms. The number of hydrogen-bond donors (Lipinski definition) is 0. The minimum absolute atomic E-state index is 0.122. The SMILES string of the molecule is Cc1cc(C(C)(C)C)cc2c3cc(Br)ccc3n(-c3ccc(Br)cc3)c12. The van der Waals surface area contributed by atoms with E-state index in [1.54, 1.807) is 0 Å². The fraction of sp³-hybridized carbons (Fsp3) is 0.217. The van der Waals surface area contributed by atoms with Crippen LogP contribution in [-0.2, 0) is 5.41 Å². The highest BCUT2D eigenvalue weighted by Gasteiger charge is 2.20. The summed E-state index contributed by atoms with van der Waals surface area (Å²) >= 11 is 7.20. The Balaban J connectivity index is 2.18. The van der Waals surface area contributed by atoms with Gasteiger partial charge in [-0.15, -0.1) is 0 Å². The van der Waals surface area contributed by atoms with E-state index in [2.05, 4.69) is 119 Å². The molecule has 3 aromatic carbocycles. The fourth-order valence-electron chi connectivity index (χ4n) is 3.61. The predicted molar refractivity (Wildman–Crippen MR) is 120 cm³/mol. The summed E-state index contributed by atoms with van der Waals surface area (Å²) in [5, 5.41) is 2.60. The predicted octanol–water partition coefficient (Wildman–Crippen LogP) is 7.91. The first kappa shape index (κ1) is 17.8. The minimum Gasteiger partial charge on any atom is -0.309 e. The molecule has 132 valence electrons. The van der Waals surface area contributed by atoms with Crippen molar-refractivity contribution in [2.24, 2.45) is 0 Å². The Bertz CT molecular complexity index is 1130. The molecule has 0 radical (unpaired) electrons. The summed E-state index contributed by atoms with van der Waals surface area (Å²) in [5.41, 5.74) is 6.51. The topological polar surface area (TPSA) is 4.93 Å². The van der Waals surface area contributed by atoms with Gasteiger partial charge in [-0.1, -0.05) is 58.7 Å². The summed E-state index contributed by atoms with van der Waals surface area (Å²) in [6.07, 6.45) is 0. The van der Waals surface area contributed by atoms with Crippen LogP contribution >= 0.6 is 31.9 Å². The standard InChI is InChI=1S/C23H21Br2N/c1-14-11-15(23(2,3)4)12-20-19-13-17(25)7-10-21(19)26(22(14)20)18-8-5-16(24)6-9-18/h5-13H,1-4H3. The molecule has 0 aliphatic rings. The molecule has 4 aromatic rings. The molecular formula is C23H21Br2N. The van der Waals surface area contributed by atoms with Crippen LogP contribution in [0.1, 0.15) is 31.9 Å². The number of nitrogens with zero attached hydrogens (tertiary/aromatic N) is 1. The van der Waals surface area contributed by atoms with Crippen molar-refractivity contribution in [2.45, 2.75) is 33.1 Å². The van der Waals surface area contributed by atoms with Crippen LogP contribution in [0.25, 0.3) is 27.5 Å². The Labute approximate surface area is 171 Å². The number of benzene rings is 3. The third-order valence-corrected chi connectivity index (χ3v) is 5.99. The van der Waals surface area contributed by atoms with Gasteiger partial charge in [-0.05, 0) is 72.0 Å². The zero-order chi connectivity index (χ0) is 18.6. The van der Waals surface area contributed by atoms with Gasteiger partial charge in [0.15, 0.2) is 0 Å². The van der Waals surface area contributed by atoms with Gasteiger partial charge in [0.1, 0.15) is 0 Å². The van der Waals surface area contributed by atoms with E-state index in [9.17, 15) is 0 Å². The normalized spacial score (nSPS) is 12.2. The minimum atomic E-state index is 0.122. The molecule has 0 spiro atoms. The molecule has 1 aromatic heterocycles. The van der Waals surface area contributed by atoms with E-state index in [-0.39, 0.29) is 5.41 Å². The van der Waals surface area contributed by atoms with Gasteiger partial charge in [-0.3, -0.25) is 0 Å². The van der Waals surface area contributed by atoms with Crippen molar-refractivity contribution >= 4 is 53.7 Å². The van der Waals surface area contributed by atoms with Crippen LogP contribution in [0, 0.1) is 6.92 Å². The monoisotopic (exact) mass is 469 g/mol.